The fraction of sp³-hybridized carbons (Fsp3) is 0.391. The van der Waals surface area contributed by atoms with Crippen LogP contribution in [0.3, 0.4) is 0 Å². The summed E-state index contributed by atoms with van der Waals surface area (Å²) in [5, 5.41) is 11.8. The highest BCUT2D eigenvalue weighted by atomic mass is 32.1. The number of esters is 1. The van der Waals surface area contributed by atoms with Crippen molar-refractivity contribution in [1.82, 2.24) is 0 Å². The van der Waals surface area contributed by atoms with Crippen LogP contribution in [-0.2, 0) is 19.0 Å². The molecule has 0 heterocycles. The number of amides is 1. The Balaban J connectivity index is 2.24. The number of hydrogen-bond acceptors (Lipinski definition) is 8. The van der Waals surface area contributed by atoms with Crippen LogP contribution in [0.25, 0.3) is 0 Å². The van der Waals surface area contributed by atoms with Gasteiger partial charge in [-0.3, -0.25) is 10.1 Å². The van der Waals surface area contributed by atoms with Crippen LogP contribution in [0.1, 0.15) is 23.7 Å². The van der Waals surface area contributed by atoms with Crippen molar-refractivity contribution < 1.29 is 33.6 Å². The van der Waals surface area contributed by atoms with E-state index in [1.807, 2.05) is 19.1 Å². The molecular formula is C23H29NO7S. The van der Waals surface area contributed by atoms with Gasteiger partial charge in [0, 0.05) is 24.8 Å². The second kappa shape index (κ2) is 13.6. The van der Waals surface area contributed by atoms with Crippen molar-refractivity contribution in [2.75, 3.05) is 38.0 Å². The number of para-hydroxylation sites is 1. The maximum atomic E-state index is 12.7. The van der Waals surface area contributed by atoms with Crippen molar-refractivity contribution in [3.63, 3.8) is 0 Å². The number of aliphatic hydroxyl groups excluding tert-OH is 1. The Labute approximate surface area is 193 Å². The molecule has 0 aliphatic heterocycles. The van der Waals surface area contributed by atoms with E-state index < -0.39 is 24.3 Å². The number of aryl methyl sites for hydroxylation is 1. The van der Waals surface area contributed by atoms with E-state index in [1.165, 1.54) is 7.11 Å². The van der Waals surface area contributed by atoms with Gasteiger partial charge in [-0.15, -0.1) is 0 Å². The minimum atomic E-state index is -0.866. The zero-order valence-electron chi connectivity index (χ0n) is 18.2. The molecule has 0 aliphatic carbocycles. The van der Waals surface area contributed by atoms with Gasteiger partial charge in [0.15, 0.2) is 6.10 Å². The lowest BCUT2D eigenvalue weighted by atomic mass is 10.0. The highest BCUT2D eigenvalue weighted by Gasteiger charge is 2.30. The van der Waals surface area contributed by atoms with Gasteiger partial charge in [0.1, 0.15) is 18.5 Å². The quantitative estimate of drug-likeness (QED) is 0.327. The van der Waals surface area contributed by atoms with E-state index in [1.54, 1.807) is 36.4 Å². The van der Waals surface area contributed by atoms with E-state index in [0.717, 1.165) is 5.56 Å². The molecular weight excluding hydrogens is 434 g/mol. The second-order valence-corrected chi connectivity index (χ2v) is 7.18. The van der Waals surface area contributed by atoms with Crippen LogP contribution < -0.4 is 10.1 Å². The summed E-state index contributed by atoms with van der Waals surface area (Å²) in [6.45, 7) is 1.93. The normalized spacial score (nSPS) is 12.5. The Hall–Kier alpha value is -2.75. The Bertz CT molecular complexity index is 860. The summed E-state index contributed by atoms with van der Waals surface area (Å²) in [6.07, 6.45) is -1.90. The van der Waals surface area contributed by atoms with Crippen LogP contribution >= 0.6 is 12.6 Å². The van der Waals surface area contributed by atoms with Crippen molar-refractivity contribution in [3.05, 3.63) is 59.7 Å². The number of ether oxygens (including phenoxy) is 4. The Kier molecular flexibility index (Phi) is 10.9. The van der Waals surface area contributed by atoms with Gasteiger partial charge in [0.25, 0.3) is 0 Å². The zero-order valence-corrected chi connectivity index (χ0v) is 19.0. The molecule has 0 fully saturated rings. The van der Waals surface area contributed by atoms with Gasteiger partial charge in [-0.2, -0.15) is 12.6 Å². The number of carbonyl (C=O) groups excluding carboxylic acids is 2. The topological polar surface area (TPSA) is 103 Å². The Morgan fingerprint density at radius 2 is 1.81 bits per heavy atom. The number of methoxy groups -OCH3 is 1. The predicted molar refractivity (Wildman–Crippen MR) is 123 cm³/mol. The monoisotopic (exact) mass is 463 g/mol. The molecule has 9 heteroatoms. The first-order valence-electron chi connectivity index (χ1n) is 10.1. The minimum absolute atomic E-state index is 0.0334. The first kappa shape index (κ1) is 25.5. The average Bonchev–Trinajstić information content (AvgIpc) is 2.81. The number of hydrogen-bond donors (Lipinski definition) is 3. The number of anilines is 1. The Morgan fingerprint density at radius 3 is 2.47 bits per heavy atom. The number of carbonyl (C=O) groups is 2. The average molecular weight is 464 g/mol. The van der Waals surface area contributed by atoms with Crippen LogP contribution in [0.15, 0.2) is 48.5 Å². The minimum Gasteiger partial charge on any atom is -0.491 e. The fourth-order valence-corrected chi connectivity index (χ4v) is 3.06. The zero-order chi connectivity index (χ0) is 23.3. The fourth-order valence-electron chi connectivity index (χ4n) is 2.97. The van der Waals surface area contributed by atoms with E-state index in [9.17, 15) is 9.59 Å². The van der Waals surface area contributed by atoms with Crippen molar-refractivity contribution >= 4 is 30.4 Å². The highest BCUT2D eigenvalue weighted by molar-refractivity contribution is 7.81. The van der Waals surface area contributed by atoms with Crippen LogP contribution in [0, 0.1) is 6.92 Å². The van der Waals surface area contributed by atoms with Crippen LogP contribution in [0.2, 0.25) is 0 Å². The van der Waals surface area contributed by atoms with Gasteiger partial charge in [-0.05, 0) is 25.1 Å². The largest absolute Gasteiger partial charge is 0.491 e. The summed E-state index contributed by atoms with van der Waals surface area (Å²) in [5.41, 5.74) is 2.21. The van der Waals surface area contributed by atoms with Crippen LogP contribution in [0.5, 0.6) is 5.75 Å². The molecule has 0 aliphatic rings. The van der Waals surface area contributed by atoms with E-state index in [4.69, 9.17) is 24.1 Å². The van der Waals surface area contributed by atoms with Crippen molar-refractivity contribution in [1.29, 1.82) is 0 Å². The third-order valence-corrected chi connectivity index (χ3v) is 4.80. The van der Waals surface area contributed by atoms with Gasteiger partial charge in [0.05, 0.1) is 19.0 Å². The van der Waals surface area contributed by atoms with Crippen LogP contribution in [-0.4, -0.2) is 56.0 Å². The smallest absolute Gasteiger partial charge is 0.412 e. The molecule has 2 rings (SSSR count). The molecule has 0 bridgehead atoms. The molecule has 0 radical (unpaired) electrons. The maximum Gasteiger partial charge on any atom is 0.412 e. The van der Waals surface area contributed by atoms with Gasteiger partial charge in [-0.1, -0.05) is 35.9 Å². The summed E-state index contributed by atoms with van der Waals surface area (Å²) in [4.78, 5) is 24.1. The molecule has 0 saturated heterocycles. The molecule has 32 heavy (non-hydrogen) atoms. The van der Waals surface area contributed by atoms with E-state index in [2.05, 4.69) is 17.9 Å². The molecule has 0 saturated carbocycles. The lowest BCUT2D eigenvalue weighted by Gasteiger charge is -2.27. The van der Waals surface area contributed by atoms with Crippen molar-refractivity contribution in [2.24, 2.45) is 0 Å². The molecule has 2 N–H and O–H groups in total. The van der Waals surface area contributed by atoms with E-state index in [-0.39, 0.29) is 32.0 Å². The summed E-state index contributed by atoms with van der Waals surface area (Å²) in [7, 11) is 1.48. The molecule has 2 aromatic rings. The standard InChI is InChI=1S/C23H29NO7S/c1-16-7-9-17(10-8-16)24-23(27)31-22(20(28-2)11-13-30-21(26)15-32)18-5-3-4-6-19(18)29-14-12-25/h3-10,20,22,25,32H,11-15H2,1-2H3,(H,24,27)/t20-,22-/m1/s1. The second-order valence-electron chi connectivity index (χ2n) is 6.87. The van der Waals surface area contributed by atoms with E-state index >= 15 is 0 Å². The van der Waals surface area contributed by atoms with Gasteiger partial charge >= 0.3 is 12.1 Å². The molecule has 0 unspecified atom stereocenters. The first-order valence-corrected chi connectivity index (χ1v) is 10.8. The predicted octanol–water partition coefficient (Wildman–Crippen LogP) is 3.53. The number of rotatable bonds is 12. The van der Waals surface area contributed by atoms with Crippen molar-refractivity contribution in [2.45, 2.75) is 25.6 Å². The molecule has 2 atom stereocenters. The van der Waals surface area contributed by atoms with Gasteiger partial charge in [-0.25, -0.2) is 4.79 Å². The summed E-state index contributed by atoms with van der Waals surface area (Å²) in [5.74, 6) is -0.0394. The van der Waals surface area contributed by atoms with E-state index in [0.29, 0.717) is 17.0 Å². The van der Waals surface area contributed by atoms with Gasteiger partial charge < -0.3 is 24.1 Å². The third kappa shape index (κ3) is 8.07. The SMILES string of the molecule is CO[C@H](CCOC(=O)CS)[C@H](OC(=O)Nc1ccc(C)cc1)c1ccccc1OCCO. The first-order chi connectivity index (χ1) is 15.5. The lowest BCUT2D eigenvalue weighted by molar-refractivity contribution is -0.141. The number of benzene rings is 2. The number of nitrogens with one attached hydrogen (secondary N) is 1. The summed E-state index contributed by atoms with van der Waals surface area (Å²) < 4.78 is 22.1. The molecule has 0 aromatic heterocycles. The van der Waals surface area contributed by atoms with Crippen molar-refractivity contribution in [3.8, 4) is 5.75 Å². The van der Waals surface area contributed by atoms with Gasteiger partial charge in [0.2, 0.25) is 0 Å². The highest BCUT2D eigenvalue weighted by Crippen LogP contribution is 2.33. The lowest BCUT2D eigenvalue weighted by Crippen LogP contribution is -2.30. The summed E-state index contributed by atoms with van der Waals surface area (Å²) >= 11 is 3.89. The maximum absolute atomic E-state index is 12.7. The molecule has 8 nitrogen and oxygen atoms in total. The third-order valence-electron chi connectivity index (χ3n) is 4.54. The molecule has 174 valence electrons. The molecule has 0 spiro atoms. The summed E-state index contributed by atoms with van der Waals surface area (Å²) in [6, 6.07) is 14.3. The Morgan fingerprint density at radius 1 is 1.09 bits per heavy atom. The number of aliphatic hydroxyl groups is 1. The molecule has 1 amide bonds. The van der Waals surface area contributed by atoms with Crippen LogP contribution in [0.4, 0.5) is 10.5 Å². The number of thiol groups is 1. The molecule has 2 aromatic carbocycles.